The highest BCUT2D eigenvalue weighted by molar-refractivity contribution is 6.13. The number of anilines is 2. The predicted octanol–water partition coefficient (Wildman–Crippen LogP) is 1.81. The molecule has 2 aliphatic rings. The first-order chi connectivity index (χ1) is 12.7. The van der Waals surface area contributed by atoms with Crippen LogP contribution in [0.2, 0.25) is 0 Å². The number of carbonyl (C=O) groups excluding carboxylic acids is 2. The van der Waals surface area contributed by atoms with Gasteiger partial charge >= 0.3 is 0 Å². The Labute approximate surface area is 148 Å². The Hall–Kier alpha value is -3.81. The molecule has 4 rings (SSSR count). The van der Waals surface area contributed by atoms with Gasteiger partial charge in [-0.25, -0.2) is 5.43 Å². The van der Waals surface area contributed by atoms with E-state index in [0.717, 1.165) is 17.3 Å². The molecule has 0 radical (unpaired) electrons. The van der Waals surface area contributed by atoms with Crippen LogP contribution in [-0.4, -0.2) is 24.8 Å². The monoisotopic (exact) mass is 350 g/mol. The molecule has 2 amide bonds. The quantitative estimate of drug-likeness (QED) is 0.445. The molecular formula is C18H14N4O4. The first kappa shape index (κ1) is 15.7. The summed E-state index contributed by atoms with van der Waals surface area (Å²) in [6.07, 6.45) is 2.63. The summed E-state index contributed by atoms with van der Waals surface area (Å²) < 4.78 is 10.5. The Morgan fingerprint density at radius 3 is 2.69 bits per heavy atom. The lowest BCUT2D eigenvalue weighted by atomic mass is 10.2. The van der Waals surface area contributed by atoms with Crippen LogP contribution in [-0.2, 0) is 9.59 Å². The van der Waals surface area contributed by atoms with Gasteiger partial charge in [0.25, 0.3) is 11.8 Å². The Bertz CT molecular complexity index is 952. The van der Waals surface area contributed by atoms with Crippen LogP contribution < -0.4 is 25.5 Å². The third-order valence-electron chi connectivity index (χ3n) is 3.75. The minimum absolute atomic E-state index is 0.138. The fourth-order valence-corrected chi connectivity index (χ4v) is 2.52. The van der Waals surface area contributed by atoms with E-state index in [-0.39, 0.29) is 12.5 Å². The number of para-hydroxylation sites is 2. The molecule has 2 aliphatic heterocycles. The molecule has 0 fully saturated rings. The first-order valence-electron chi connectivity index (χ1n) is 7.81. The standard InChI is InChI=1S/C18H14N4O4/c23-17(8-14-18(24)21-13-4-2-1-3-12(13)20-14)22-19-9-11-5-6-15-16(7-11)26-10-25-15/h1-9,20H,10H2,(H,21,24)(H,22,23)/b14-8-,19-9-. The Morgan fingerprint density at radius 2 is 1.85 bits per heavy atom. The average Bonchev–Trinajstić information content (AvgIpc) is 3.10. The highest BCUT2D eigenvalue weighted by Gasteiger charge is 2.19. The van der Waals surface area contributed by atoms with Crippen molar-refractivity contribution in [2.45, 2.75) is 0 Å². The van der Waals surface area contributed by atoms with E-state index in [2.05, 4.69) is 21.2 Å². The lowest BCUT2D eigenvalue weighted by Gasteiger charge is -2.20. The number of nitrogens with one attached hydrogen (secondary N) is 3. The topological polar surface area (TPSA) is 101 Å². The summed E-state index contributed by atoms with van der Waals surface area (Å²) in [5, 5.41) is 9.50. The fourth-order valence-electron chi connectivity index (χ4n) is 2.52. The van der Waals surface area contributed by atoms with E-state index in [1.807, 2.05) is 12.1 Å². The van der Waals surface area contributed by atoms with Crippen molar-refractivity contribution >= 4 is 29.4 Å². The number of carbonyl (C=O) groups is 2. The maximum absolute atomic E-state index is 12.0. The van der Waals surface area contributed by atoms with Crippen LogP contribution in [0.3, 0.4) is 0 Å². The lowest BCUT2D eigenvalue weighted by Crippen LogP contribution is -2.27. The second-order valence-corrected chi connectivity index (χ2v) is 5.53. The molecule has 130 valence electrons. The number of hydrogen-bond donors (Lipinski definition) is 3. The Balaban J connectivity index is 1.41. The van der Waals surface area contributed by atoms with Gasteiger partial charge in [0.1, 0.15) is 5.70 Å². The average molecular weight is 350 g/mol. The largest absolute Gasteiger partial charge is 0.454 e. The molecule has 2 aromatic carbocycles. The smallest absolute Gasteiger partial charge is 0.272 e. The first-order valence-corrected chi connectivity index (χ1v) is 7.81. The van der Waals surface area contributed by atoms with Gasteiger partial charge in [0.2, 0.25) is 6.79 Å². The summed E-state index contributed by atoms with van der Waals surface area (Å²) in [6.45, 7) is 0.193. The van der Waals surface area contributed by atoms with Gasteiger partial charge < -0.3 is 20.1 Å². The molecule has 0 aliphatic carbocycles. The molecule has 0 bridgehead atoms. The van der Waals surface area contributed by atoms with Crippen molar-refractivity contribution in [3.8, 4) is 11.5 Å². The lowest BCUT2D eigenvalue weighted by molar-refractivity contribution is -0.117. The molecule has 26 heavy (non-hydrogen) atoms. The number of hydrogen-bond acceptors (Lipinski definition) is 6. The van der Waals surface area contributed by atoms with Gasteiger partial charge in [-0.1, -0.05) is 12.1 Å². The van der Waals surface area contributed by atoms with Crippen LogP contribution in [0.5, 0.6) is 11.5 Å². The van der Waals surface area contributed by atoms with E-state index in [4.69, 9.17) is 9.47 Å². The molecule has 2 aromatic rings. The molecule has 0 aromatic heterocycles. The van der Waals surface area contributed by atoms with Gasteiger partial charge in [0.05, 0.1) is 17.6 Å². The summed E-state index contributed by atoms with van der Waals surface area (Å²) in [4.78, 5) is 24.0. The van der Waals surface area contributed by atoms with Crippen molar-refractivity contribution in [2.24, 2.45) is 5.10 Å². The maximum atomic E-state index is 12.0. The van der Waals surface area contributed by atoms with Crippen LogP contribution in [0.4, 0.5) is 11.4 Å². The van der Waals surface area contributed by atoms with Gasteiger partial charge in [-0.05, 0) is 35.9 Å². The van der Waals surface area contributed by atoms with E-state index in [1.54, 1.807) is 30.3 Å². The Kier molecular flexibility index (Phi) is 3.98. The molecule has 0 spiro atoms. The summed E-state index contributed by atoms with van der Waals surface area (Å²) in [5.74, 6) is 0.382. The SMILES string of the molecule is O=C(/C=C1\Nc2ccccc2NC1=O)N/N=C\c1ccc2c(c1)OCO2. The molecule has 8 nitrogen and oxygen atoms in total. The molecule has 0 saturated heterocycles. The van der Waals surface area contributed by atoms with Gasteiger partial charge in [0, 0.05) is 6.08 Å². The minimum Gasteiger partial charge on any atom is -0.454 e. The zero-order chi connectivity index (χ0) is 17.9. The number of fused-ring (bicyclic) bond motifs is 2. The molecule has 0 saturated carbocycles. The highest BCUT2D eigenvalue weighted by atomic mass is 16.7. The predicted molar refractivity (Wildman–Crippen MR) is 95.1 cm³/mol. The maximum Gasteiger partial charge on any atom is 0.272 e. The zero-order valence-corrected chi connectivity index (χ0v) is 13.5. The molecule has 2 heterocycles. The van der Waals surface area contributed by atoms with E-state index >= 15 is 0 Å². The number of ether oxygens (including phenoxy) is 2. The number of benzene rings is 2. The van der Waals surface area contributed by atoms with Crippen LogP contribution >= 0.6 is 0 Å². The summed E-state index contributed by atoms with van der Waals surface area (Å²) in [7, 11) is 0. The summed E-state index contributed by atoms with van der Waals surface area (Å²) >= 11 is 0. The van der Waals surface area contributed by atoms with E-state index in [0.29, 0.717) is 17.2 Å². The van der Waals surface area contributed by atoms with Crippen LogP contribution in [0.25, 0.3) is 0 Å². The van der Waals surface area contributed by atoms with Gasteiger partial charge in [0.15, 0.2) is 11.5 Å². The second kappa shape index (κ2) is 6.60. The summed E-state index contributed by atoms with van der Waals surface area (Å²) in [5.41, 5.74) is 4.61. The highest BCUT2D eigenvalue weighted by Crippen LogP contribution is 2.32. The fraction of sp³-hybridized carbons (Fsp3) is 0.0556. The number of rotatable bonds is 3. The van der Waals surface area contributed by atoms with Crippen LogP contribution in [0, 0.1) is 0 Å². The third kappa shape index (κ3) is 3.20. The number of nitrogens with zero attached hydrogens (tertiary/aromatic N) is 1. The molecular weight excluding hydrogens is 336 g/mol. The van der Waals surface area contributed by atoms with Crippen molar-refractivity contribution in [1.82, 2.24) is 5.43 Å². The van der Waals surface area contributed by atoms with Gasteiger partial charge in [-0.15, -0.1) is 0 Å². The van der Waals surface area contributed by atoms with Crippen molar-refractivity contribution in [3.05, 3.63) is 59.8 Å². The van der Waals surface area contributed by atoms with E-state index in [1.165, 1.54) is 6.21 Å². The van der Waals surface area contributed by atoms with Crippen molar-refractivity contribution in [2.75, 3.05) is 17.4 Å². The number of hydrazone groups is 1. The van der Waals surface area contributed by atoms with E-state index < -0.39 is 11.8 Å². The van der Waals surface area contributed by atoms with Crippen LogP contribution in [0.15, 0.2) is 59.3 Å². The van der Waals surface area contributed by atoms with Crippen molar-refractivity contribution < 1.29 is 19.1 Å². The summed E-state index contributed by atoms with van der Waals surface area (Å²) in [6, 6.07) is 12.5. The van der Waals surface area contributed by atoms with Crippen molar-refractivity contribution in [1.29, 1.82) is 0 Å². The minimum atomic E-state index is -0.529. The van der Waals surface area contributed by atoms with Crippen LogP contribution in [0.1, 0.15) is 5.56 Å². The normalized spacial score (nSPS) is 16.2. The third-order valence-corrected chi connectivity index (χ3v) is 3.75. The molecule has 0 unspecified atom stereocenters. The number of amides is 2. The molecule has 0 atom stereocenters. The van der Waals surface area contributed by atoms with Gasteiger partial charge in [-0.2, -0.15) is 5.10 Å². The Morgan fingerprint density at radius 1 is 1.08 bits per heavy atom. The van der Waals surface area contributed by atoms with E-state index in [9.17, 15) is 9.59 Å². The molecule has 3 N–H and O–H groups in total. The van der Waals surface area contributed by atoms with Crippen molar-refractivity contribution in [3.63, 3.8) is 0 Å². The molecule has 8 heteroatoms. The zero-order valence-electron chi connectivity index (χ0n) is 13.5. The second-order valence-electron chi connectivity index (χ2n) is 5.53. The van der Waals surface area contributed by atoms with Gasteiger partial charge in [-0.3, -0.25) is 9.59 Å².